The molecule has 0 fully saturated rings. The number of primary amides is 1. The first-order valence-corrected chi connectivity index (χ1v) is 9.53. The van der Waals surface area contributed by atoms with Crippen molar-refractivity contribution in [3.8, 4) is 17.0 Å². The molecule has 2 aromatic heterocycles. The zero-order valence-corrected chi connectivity index (χ0v) is 16.5. The van der Waals surface area contributed by atoms with E-state index in [9.17, 15) is 9.59 Å². The van der Waals surface area contributed by atoms with Crippen molar-refractivity contribution in [2.24, 2.45) is 5.73 Å². The Labute approximate surface area is 170 Å². The van der Waals surface area contributed by atoms with Gasteiger partial charge in [-0.05, 0) is 24.3 Å². The average Bonchev–Trinajstić information content (AvgIpc) is 3.31. The van der Waals surface area contributed by atoms with Crippen LogP contribution < -0.4 is 21.1 Å². The predicted molar refractivity (Wildman–Crippen MR) is 110 cm³/mol. The van der Waals surface area contributed by atoms with Gasteiger partial charge in [0.05, 0.1) is 18.5 Å². The van der Waals surface area contributed by atoms with Gasteiger partial charge in [-0.15, -0.1) is 11.3 Å². The van der Waals surface area contributed by atoms with E-state index in [0.29, 0.717) is 33.8 Å². The summed E-state index contributed by atoms with van der Waals surface area (Å²) in [5.41, 5.74) is 7.61. The Morgan fingerprint density at radius 2 is 2.18 bits per heavy atom. The lowest BCUT2D eigenvalue weighted by Gasteiger charge is -2.11. The van der Waals surface area contributed by atoms with Crippen molar-refractivity contribution in [2.75, 3.05) is 24.3 Å². The van der Waals surface area contributed by atoms with Crippen LogP contribution in [-0.2, 0) is 4.79 Å². The Balaban J connectivity index is 1.53. The van der Waals surface area contributed by atoms with Crippen LogP contribution in [0.25, 0.3) is 11.3 Å². The number of amides is 2. The maximum atomic E-state index is 12.2. The molecule has 2 heterocycles. The van der Waals surface area contributed by atoms with Crippen molar-refractivity contribution in [2.45, 2.75) is 6.42 Å². The van der Waals surface area contributed by atoms with Gasteiger partial charge in [0.25, 0.3) is 5.91 Å². The van der Waals surface area contributed by atoms with Gasteiger partial charge in [0.1, 0.15) is 11.4 Å². The van der Waals surface area contributed by atoms with Crippen molar-refractivity contribution in [1.82, 2.24) is 9.97 Å². The number of ether oxygens (including phenoxy) is 1. The molecule has 1 aromatic carbocycles. The summed E-state index contributed by atoms with van der Waals surface area (Å²) in [4.78, 5) is 30.4. The Morgan fingerprint density at radius 3 is 2.89 bits per heavy atom. The summed E-state index contributed by atoms with van der Waals surface area (Å²) in [6.45, 7) is 0.403. The van der Waals surface area contributed by atoms with Gasteiger partial charge in [-0.25, -0.2) is 4.98 Å². The minimum atomic E-state index is -0.543. The molecule has 0 aliphatic heterocycles. The van der Waals surface area contributed by atoms with Crippen LogP contribution in [0.3, 0.4) is 0 Å². The zero-order chi connectivity index (χ0) is 20.1. The fraction of sp³-hybridized carbons (Fsp3) is 0.167. The van der Waals surface area contributed by atoms with Crippen LogP contribution in [-0.4, -0.2) is 35.4 Å². The van der Waals surface area contributed by atoms with Gasteiger partial charge in [0, 0.05) is 35.1 Å². The normalized spacial score (nSPS) is 10.5. The maximum absolute atomic E-state index is 12.2. The highest BCUT2D eigenvalue weighted by Gasteiger charge is 2.11. The van der Waals surface area contributed by atoms with Crippen LogP contribution in [0.2, 0.25) is 5.02 Å². The summed E-state index contributed by atoms with van der Waals surface area (Å²) in [5.74, 6) is -0.0728. The van der Waals surface area contributed by atoms with E-state index in [2.05, 4.69) is 20.6 Å². The summed E-state index contributed by atoms with van der Waals surface area (Å²) in [5, 5.41) is 8.73. The number of carbonyl (C=O) groups is 2. The predicted octanol–water partition coefficient (Wildman–Crippen LogP) is 3.34. The Hall–Kier alpha value is -3.04. The lowest BCUT2D eigenvalue weighted by Crippen LogP contribution is -2.16. The first kappa shape index (κ1) is 19.7. The summed E-state index contributed by atoms with van der Waals surface area (Å²) < 4.78 is 5.25. The lowest BCUT2D eigenvalue weighted by atomic mass is 10.2. The van der Waals surface area contributed by atoms with Crippen molar-refractivity contribution < 1.29 is 14.3 Å². The number of rotatable bonds is 8. The molecule has 0 spiro atoms. The van der Waals surface area contributed by atoms with Crippen LogP contribution in [0.1, 0.15) is 16.9 Å². The molecule has 0 atom stereocenters. The van der Waals surface area contributed by atoms with E-state index < -0.39 is 5.91 Å². The SMILES string of the molecule is COc1ccc(Cl)cc1NCCC(=O)Nc1nc(-c2c[nH]c(C(N)=O)c2)cs1. The number of nitrogens with one attached hydrogen (secondary N) is 3. The molecule has 0 bridgehead atoms. The number of aromatic amines is 1. The molecular formula is C18H18ClN5O3S. The molecule has 5 N–H and O–H groups in total. The first-order chi connectivity index (χ1) is 13.5. The topological polar surface area (TPSA) is 122 Å². The second-order valence-electron chi connectivity index (χ2n) is 5.77. The third kappa shape index (κ3) is 4.81. The third-order valence-corrected chi connectivity index (χ3v) is 4.82. The standard InChI is InChI=1S/C18H18ClN5O3S/c1-27-15-3-2-11(19)7-12(15)21-5-4-16(25)24-18-23-14(9-28-18)10-6-13(17(20)26)22-8-10/h2-3,6-9,21-22H,4-5H2,1H3,(H2,20,26)(H,23,24,25). The quantitative estimate of drug-likeness (QED) is 0.446. The van der Waals surface area contributed by atoms with Crippen LogP contribution in [0, 0.1) is 0 Å². The van der Waals surface area contributed by atoms with Gasteiger partial charge in [-0.2, -0.15) is 0 Å². The molecule has 146 valence electrons. The highest BCUT2D eigenvalue weighted by atomic mass is 35.5. The van der Waals surface area contributed by atoms with Crippen molar-refractivity contribution >= 4 is 45.6 Å². The molecule has 8 nitrogen and oxygen atoms in total. The number of nitrogens with zero attached hydrogens (tertiary/aromatic N) is 1. The van der Waals surface area contributed by atoms with Crippen molar-refractivity contribution in [3.05, 3.63) is 46.6 Å². The van der Waals surface area contributed by atoms with E-state index in [1.54, 1.807) is 43.0 Å². The van der Waals surface area contributed by atoms with E-state index in [1.807, 2.05) is 0 Å². The summed E-state index contributed by atoms with van der Waals surface area (Å²) >= 11 is 7.28. The minimum absolute atomic E-state index is 0.179. The molecule has 0 aliphatic rings. The number of hydrogen-bond donors (Lipinski definition) is 4. The van der Waals surface area contributed by atoms with E-state index in [-0.39, 0.29) is 12.3 Å². The molecule has 0 saturated carbocycles. The average molecular weight is 420 g/mol. The summed E-state index contributed by atoms with van der Waals surface area (Å²) in [6, 6.07) is 6.84. The van der Waals surface area contributed by atoms with Crippen molar-refractivity contribution in [3.63, 3.8) is 0 Å². The summed E-state index contributed by atoms with van der Waals surface area (Å²) in [7, 11) is 1.57. The summed E-state index contributed by atoms with van der Waals surface area (Å²) in [6.07, 6.45) is 1.88. The molecule has 0 saturated heterocycles. The molecule has 0 radical (unpaired) electrons. The highest BCUT2D eigenvalue weighted by molar-refractivity contribution is 7.14. The van der Waals surface area contributed by atoms with Gasteiger partial charge >= 0.3 is 0 Å². The number of halogens is 1. The molecule has 28 heavy (non-hydrogen) atoms. The molecule has 3 aromatic rings. The van der Waals surface area contributed by atoms with Crippen LogP contribution in [0.5, 0.6) is 5.75 Å². The Bertz CT molecular complexity index is 1000. The minimum Gasteiger partial charge on any atom is -0.495 e. The van der Waals surface area contributed by atoms with Crippen LogP contribution >= 0.6 is 22.9 Å². The van der Waals surface area contributed by atoms with Gasteiger partial charge in [0.15, 0.2) is 5.13 Å². The van der Waals surface area contributed by atoms with Crippen LogP contribution in [0.15, 0.2) is 35.8 Å². The molecule has 10 heteroatoms. The number of hydrogen-bond acceptors (Lipinski definition) is 6. The van der Waals surface area contributed by atoms with Crippen LogP contribution in [0.4, 0.5) is 10.8 Å². The number of carbonyl (C=O) groups excluding carboxylic acids is 2. The zero-order valence-electron chi connectivity index (χ0n) is 14.9. The monoisotopic (exact) mass is 419 g/mol. The van der Waals surface area contributed by atoms with E-state index in [4.69, 9.17) is 22.1 Å². The van der Waals surface area contributed by atoms with Gasteiger partial charge in [-0.3, -0.25) is 9.59 Å². The third-order valence-electron chi connectivity index (χ3n) is 3.82. The second kappa shape index (κ2) is 8.77. The second-order valence-corrected chi connectivity index (χ2v) is 7.07. The number of methoxy groups -OCH3 is 1. The molecule has 0 aliphatic carbocycles. The van der Waals surface area contributed by atoms with E-state index >= 15 is 0 Å². The smallest absolute Gasteiger partial charge is 0.265 e. The Kier molecular flexibility index (Phi) is 6.17. The number of benzene rings is 1. The largest absolute Gasteiger partial charge is 0.495 e. The molecular weight excluding hydrogens is 402 g/mol. The van der Waals surface area contributed by atoms with Crippen molar-refractivity contribution in [1.29, 1.82) is 0 Å². The van der Waals surface area contributed by atoms with Gasteiger partial charge in [0.2, 0.25) is 5.91 Å². The molecule has 3 rings (SSSR count). The molecule has 0 unspecified atom stereocenters. The fourth-order valence-electron chi connectivity index (χ4n) is 2.46. The Morgan fingerprint density at radius 1 is 1.36 bits per heavy atom. The van der Waals surface area contributed by atoms with Gasteiger partial charge < -0.3 is 26.1 Å². The molecule has 2 amide bonds. The first-order valence-electron chi connectivity index (χ1n) is 8.27. The number of anilines is 2. The lowest BCUT2D eigenvalue weighted by molar-refractivity contribution is -0.115. The highest BCUT2D eigenvalue weighted by Crippen LogP contribution is 2.28. The number of aromatic nitrogens is 2. The fourth-order valence-corrected chi connectivity index (χ4v) is 3.37. The van der Waals surface area contributed by atoms with E-state index in [1.165, 1.54) is 11.3 Å². The van der Waals surface area contributed by atoms with E-state index in [0.717, 1.165) is 11.3 Å². The van der Waals surface area contributed by atoms with Gasteiger partial charge in [-0.1, -0.05) is 11.6 Å². The number of H-pyrrole nitrogens is 1. The number of nitrogens with two attached hydrogens (primary N) is 1. The number of thiazole rings is 1. The maximum Gasteiger partial charge on any atom is 0.265 e.